The molecule has 0 amide bonds. The van der Waals surface area contributed by atoms with Crippen molar-refractivity contribution >= 4 is 5.97 Å². The number of ether oxygens (including phenoxy) is 1. The minimum Gasteiger partial charge on any atom is -0.464 e. The summed E-state index contributed by atoms with van der Waals surface area (Å²) in [7, 11) is 0. The first-order valence-electron chi connectivity index (χ1n) is 4.82. The summed E-state index contributed by atoms with van der Waals surface area (Å²) in [6.07, 6.45) is -4.44. The first-order valence-corrected chi connectivity index (χ1v) is 4.82. The molecule has 90 valence electrons. The van der Waals surface area contributed by atoms with E-state index < -0.39 is 24.1 Å². The zero-order valence-electron chi connectivity index (χ0n) is 8.86. The van der Waals surface area contributed by atoms with Gasteiger partial charge in [0, 0.05) is 0 Å². The van der Waals surface area contributed by atoms with Gasteiger partial charge in [0.05, 0.1) is 6.61 Å². The van der Waals surface area contributed by atoms with Gasteiger partial charge in [-0.05, 0) is 13.3 Å². The van der Waals surface area contributed by atoms with E-state index in [0.29, 0.717) is 6.42 Å². The van der Waals surface area contributed by atoms with E-state index in [1.807, 2.05) is 0 Å². The largest absolute Gasteiger partial charge is 0.464 e. The monoisotopic (exact) mass is 227 g/mol. The molecule has 0 aromatic carbocycles. The van der Waals surface area contributed by atoms with Crippen LogP contribution in [0.3, 0.4) is 0 Å². The summed E-state index contributed by atoms with van der Waals surface area (Å²) >= 11 is 0. The maximum Gasteiger partial charge on any atom is 0.417 e. The molecule has 0 radical (unpaired) electrons. The molecule has 0 bridgehead atoms. The lowest BCUT2D eigenvalue weighted by Gasteiger charge is -2.29. The van der Waals surface area contributed by atoms with E-state index >= 15 is 0 Å². The van der Waals surface area contributed by atoms with Crippen molar-refractivity contribution in [2.45, 2.75) is 44.8 Å². The van der Waals surface area contributed by atoms with Gasteiger partial charge < -0.3 is 10.5 Å². The minimum atomic E-state index is -4.77. The fraction of sp³-hybridized carbons (Fsp3) is 0.889. The number of hydrogen-bond donors (Lipinski definition) is 1. The molecule has 15 heavy (non-hydrogen) atoms. The molecule has 0 aromatic rings. The van der Waals surface area contributed by atoms with E-state index in [1.165, 1.54) is 6.92 Å². The number of carbonyl (C=O) groups excluding carboxylic acids is 1. The van der Waals surface area contributed by atoms with Crippen molar-refractivity contribution < 1.29 is 22.7 Å². The molecular weight excluding hydrogens is 211 g/mol. The highest BCUT2D eigenvalue weighted by Gasteiger charge is 2.58. The van der Waals surface area contributed by atoms with Gasteiger partial charge in [-0.15, -0.1) is 0 Å². The minimum absolute atomic E-state index is 0.111. The molecular formula is C9H16F3NO2. The third-order valence-corrected chi connectivity index (χ3v) is 2.07. The van der Waals surface area contributed by atoms with Crippen molar-refractivity contribution in [2.75, 3.05) is 6.61 Å². The van der Waals surface area contributed by atoms with Crippen molar-refractivity contribution in [2.24, 2.45) is 5.73 Å². The Morgan fingerprint density at radius 2 is 1.87 bits per heavy atom. The molecule has 0 unspecified atom stereocenters. The second-order valence-electron chi connectivity index (χ2n) is 3.29. The molecule has 1 atom stereocenters. The van der Waals surface area contributed by atoms with Crippen LogP contribution in [-0.2, 0) is 9.53 Å². The number of rotatable bonds is 5. The summed E-state index contributed by atoms with van der Waals surface area (Å²) in [5.74, 6) is -1.40. The summed E-state index contributed by atoms with van der Waals surface area (Å²) in [4.78, 5) is 11.2. The van der Waals surface area contributed by atoms with Crippen LogP contribution in [0.4, 0.5) is 13.2 Å². The van der Waals surface area contributed by atoms with Gasteiger partial charge in [-0.2, -0.15) is 13.2 Å². The Morgan fingerprint density at radius 1 is 1.33 bits per heavy atom. The zero-order valence-corrected chi connectivity index (χ0v) is 8.86. The summed E-state index contributed by atoms with van der Waals surface area (Å²) in [6, 6.07) is 0. The third-order valence-electron chi connectivity index (χ3n) is 2.07. The van der Waals surface area contributed by atoms with Gasteiger partial charge in [-0.1, -0.05) is 19.8 Å². The summed E-state index contributed by atoms with van der Waals surface area (Å²) in [5, 5.41) is 0. The Labute approximate surface area is 86.8 Å². The zero-order chi connectivity index (χ0) is 12.1. The van der Waals surface area contributed by atoms with Gasteiger partial charge in [0.2, 0.25) is 5.54 Å². The lowest BCUT2D eigenvalue weighted by atomic mass is 9.93. The van der Waals surface area contributed by atoms with Gasteiger partial charge in [-0.25, -0.2) is 4.79 Å². The quantitative estimate of drug-likeness (QED) is 0.731. The third kappa shape index (κ3) is 3.37. The molecule has 0 heterocycles. The number of hydrogen-bond acceptors (Lipinski definition) is 3. The van der Waals surface area contributed by atoms with Crippen LogP contribution in [0.2, 0.25) is 0 Å². The topological polar surface area (TPSA) is 52.3 Å². The maximum absolute atomic E-state index is 12.6. The average Bonchev–Trinajstić information content (AvgIpc) is 2.12. The van der Waals surface area contributed by atoms with Crippen LogP contribution < -0.4 is 5.73 Å². The van der Waals surface area contributed by atoms with Crippen molar-refractivity contribution in [1.82, 2.24) is 0 Å². The van der Waals surface area contributed by atoms with E-state index in [9.17, 15) is 18.0 Å². The van der Waals surface area contributed by atoms with E-state index in [4.69, 9.17) is 5.73 Å². The fourth-order valence-corrected chi connectivity index (χ4v) is 1.08. The number of esters is 1. The second-order valence-corrected chi connectivity index (χ2v) is 3.29. The molecule has 0 aromatic heterocycles. The highest BCUT2D eigenvalue weighted by Crippen LogP contribution is 2.33. The lowest BCUT2D eigenvalue weighted by Crippen LogP contribution is -2.60. The maximum atomic E-state index is 12.6. The van der Waals surface area contributed by atoms with E-state index in [-0.39, 0.29) is 13.0 Å². The van der Waals surface area contributed by atoms with Gasteiger partial charge in [-0.3, -0.25) is 0 Å². The van der Waals surface area contributed by atoms with Crippen LogP contribution >= 0.6 is 0 Å². The predicted octanol–water partition coefficient (Wildman–Crippen LogP) is 2.00. The van der Waals surface area contributed by atoms with Gasteiger partial charge in [0.25, 0.3) is 0 Å². The van der Waals surface area contributed by atoms with Gasteiger partial charge >= 0.3 is 12.1 Å². The molecule has 0 saturated heterocycles. The van der Waals surface area contributed by atoms with E-state index in [2.05, 4.69) is 4.74 Å². The van der Waals surface area contributed by atoms with Crippen molar-refractivity contribution in [1.29, 1.82) is 0 Å². The Balaban J connectivity index is 4.77. The van der Waals surface area contributed by atoms with Crippen LogP contribution in [0, 0.1) is 0 Å². The number of carbonyl (C=O) groups is 1. The van der Waals surface area contributed by atoms with Gasteiger partial charge in [0.15, 0.2) is 0 Å². The molecule has 0 spiro atoms. The molecule has 0 aliphatic rings. The molecule has 0 saturated carbocycles. The molecule has 6 heteroatoms. The number of alkyl halides is 3. The SMILES string of the molecule is CCCC[C@](N)(C(=O)OCC)C(F)(F)F. The van der Waals surface area contributed by atoms with Crippen LogP contribution in [-0.4, -0.2) is 24.3 Å². The second kappa shape index (κ2) is 5.34. The molecule has 0 rings (SSSR count). The number of unbranched alkanes of at least 4 members (excludes halogenated alkanes) is 1. The molecule has 0 aliphatic heterocycles. The molecule has 3 nitrogen and oxygen atoms in total. The summed E-state index contributed by atoms with van der Waals surface area (Å²) in [5.41, 5.74) is 2.23. The lowest BCUT2D eigenvalue weighted by molar-refractivity contribution is -0.207. The number of nitrogens with two attached hydrogens (primary N) is 1. The van der Waals surface area contributed by atoms with Crippen molar-refractivity contribution in [3.05, 3.63) is 0 Å². The van der Waals surface area contributed by atoms with Gasteiger partial charge in [0.1, 0.15) is 0 Å². The molecule has 2 N–H and O–H groups in total. The van der Waals surface area contributed by atoms with Crippen LogP contribution in [0.5, 0.6) is 0 Å². The standard InChI is InChI=1S/C9H16F3NO2/c1-3-5-6-8(13,9(10,11)12)7(14)15-4-2/h3-6,13H2,1-2H3/t8-/m0/s1. The fourth-order valence-electron chi connectivity index (χ4n) is 1.08. The van der Waals surface area contributed by atoms with Crippen molar-refractivity contribution in [3.63, 3.8) is 0 Å². The molecule has 0 aliphatic carbocycles. The first-order chi connectivity index (χ1) is 6.79. The highest BCUT2D eigenvalue weighted by molar-refractivity contribution is 5.81. The normalized spacial score (nSPS) is 15.9. The van der Waals surface area contributed by atoms with Crippen LogP contribution in [0.25, 0.3) is 0 Å². The molecule has 0 fully saturated rings. The Morgan fingerprint density at radius 3 is 2.20 bits per heavy atom. The highest BCUT2D eigenvalue weighted by atomic mass is 19.4. The first kappa shape index (κ1) is 14.2. The van der Waals surface area contributed by atoms with E-state index in [0.717, 1.165) is 0 Å². The summed E-state index contributed by atoms with van der Waals surface area (Å²) < 4.78 is 42.1. The Bertz CT molecular complexity index is 218. The average molecular weight is 227 g/mol. The Kier molecular flexibility index (Phi) is 5.07. The van der Waals surface area contributed by atoms with Crippen molar-refractivity contribution in [3.8, 4) is 0 Å². The number of halogens is 3. The van der Waals surface area contributed by atoms with Crippen LogP contribution in [0.1, 0.15) is 33.1 Å². The smallest absolute Gasteiger partial charge is 0.417 e. The van der Waals surface area contributed by atoms with E-state index in [1.54, 1.807) is 6.92 Å². The van der Waals surface area contributed by atoms with Crippen LogP contribution in [0.15, 0.2) is 0 Å². The predicted molar refractivity (Wildman–Crippen MR) is 49.1 cm³/mol. The Hall–Kier alpha value is -0.780. The summed E-state index contributed by atoms with van der Waals surface area (Å²) in [6.45, 7) is 3.05.